The molecule has 0 aromatic rings. The molecule has 1 heterocycles. The third-order valence-electron chi connectivity index (χ3n) is 12.6. The molecule has 206 valence electrons. The van der Waals surface area contributed by atoms with Crippen molar-refractivity contribution in [1.82, 2.24) is 0 Å². The number of rotatable bonds is 2. The molecular formula is C30H50O6. The zero-order valence-electron chi connectivity index (χ0n) is 23.4. The van der Waals surface area contributed by atoms with E-state index in [0.717, 1.165) is 32.1 Å². The van der Waals surface area contributed by atoms with Crippen LogP contribution in [-0.2, 0) is 4.74 Å². The zero-order chi connectivity index (χ0) is 26.6. The topological polar surface area (TPSA) is 110 Å². The number of aliphatic hydroxyl groups excluding tert-OH is 4. The molecule has 36 heavy (non-hydrogen) atoms. The molecule has 6 heteroatoms. The molecule has 4 aliphatic carbocycles. The highest BCUT2D eigenvalue weighted by atomic mass is 16.6. The molecule has 12 atom stereocenters. The molecule has 1 aliphatic heterocycles. The van der Waals surface area contributed by atoms with Crippen LogP contribution in [0.5, 0.6) is 0 Å². The molecule has 0 unspecified atom stereocenters. The van der Waals surface area contributed by atoms with E-state index >= 15 is 0 Å². The Morgan fingerprint density at radius 1 is 0.917 bits per heavy atom. The number of ether oxygens (including phenoxy) is 1. The first-order valence-electron chi connectivity index (χ1n) is 14.3. The number of allylic oxidation sites excluding steroid dienone is 1. The Kier molecular flexibility index (Phi) is 6.21. The van der Waals surface area contributed by atoms with Crippen LogP contribution in [0.2, 0.25) is 0 Å². The van der Waals surface area contributed by atoms with Gasteiger partial charge in [0.05, 0.1) is 30.0 Å². The second kappa shape index (κ2) is 8.25. The van der Waals surface area contributed by atoms with E-state index in [1.54, 1.807) is 13.8 Å². The first kappa shape index (κ1) is 27.1. The Balaban J connectivity index is 1.50. The zero-order valence-corrected chi connectivity index (χ0v) is 23.4. The van der Waals surface area contributed by atoms with Crippen molar-refractivity contribution >= 4 is 0 Å². The van der Waals surface area contributed by atoms with Gasteiger partial charge in [-0.15, -0.1) is 0 Å². The van der Waals surface area contributed by atoms with Gasteiger partial charge in [0.1, 0.15) is 0 Å². The fraction of sp³-hybridized carbons (Fsp3) is 0.933. The summed E-state index contributed by atoms with van der Waals surface area (Å²) < 4.78 is 5.96. The van der Waals surface area contributed by atoms with Crippen molar-refractivity contribution in [2.45, 2.75) is 130 Å². The van der Waals surface area contributed by atoms with Gasteiger partial charge in [0.25, 0.3) is 0 Å². The first-order chi connectivity index (χ1) is 16.5. The Morgan fingerprint density at radius 2 is 1.58 bits per heavy atom. The maximum absolute atomic E-state index is 11.9. The molecule has 4 fully saturated rings. The van der Waals surface area contributed by atoms with Crippen molar-refractivity contribution in [3.05, 3.63) is 11.6 Å². The highest BCUT2D eigenvalue weighted by Gasteiger charge is 2.69. The van der Waals surface area contributed by atoms with Gasteiger partial charge >= 0.3 is 0 Å². The molecule has 6 nitrogen and oxygen atoms in total. The predicted octanol–water partition coefficient (Wildman–Crippen LogP) is 3.78. The van der Waals surface area contributed by atoms with Gasteiger partial charge < -0.3 is 30.3 Å². The third kappa shape index (κ3) is 3.43. The van der Waals surface area contributed by atoms with Crippen LogP contribution < -0.4 is 0 Å². The molecular weight excluding hydrogens is 456 g/mol. The van der Waals surface area contributed by atoms with E-state index in [9.17, 15) is 25.5 Å². The van der Waals surface area contributed by atoms with Crippen LogP contribution in [0.25, 0.3) is 0 Å². The molecule has 0 bridgehead atoms. The highest BCUT2D eigenvalue weighted by molar-refractivity contribution is 5.35. The predicted molar refractivity (Wildman–Crippen MR) is 138 cm³/mol. The summed E-state index contributed by atoms with van der Waals surface area (Å²) in [6, 6.07) is 0. The Labute approximate surface area is 217 Å². The van der Waals surface area contributed by atoms with Crippen molar-refractivity contribution in [2.24, 2.45) is 45.3 Å². The quantitative estimate of drug-likeness (QED) is 0.365. The van der Waals surface area contributed by atoms with Crippen molar-refractivity contribution in [2.75, 3.05) is 0 Å². The summed E-state index contributed by atoms with van der Waals surface area (Å²) in [7, 11) is 0. The Hall–Kier alpha value is -0.500. The van der Waals surface area contributed by atoms with Crippen LogP contribution in [0.1, 0.15) is 93.4 Å². The second-order valence-electron chi connectivity index (χ2n) is 15.0. The molecule has 1 saturated heterocycles. The molecule has 0 spiro atoms. The van der Waals surface area contributed by atoms with E-state index in [4.69, 9.17) is 4.74 Å². The maximum atomic E-state index is 11.9. The smallest absolute Gasteiger partial charge is 0.158 e. The fourth-order valence-electron chi connectivity index (χ4n) is 10.4. The van der Waals surface area contributed by atoms with Gasteiger partial charge in [0.15, 0.2) is 6.29 Å². The SMILES string of the molecule is CC(C)(O)[C@H]1CC[C@@H]([C@H]2CC[C@@]3(C)[C@@H]4CC[C@H]5C(C)(C)[C@@H](O)[C@H](O)C[C@]5(C)C4=C[C@H](O)[C@]23C)[C@@H](O)O1. The average molecular weight is 507 g/mol. The summed E-state index contributed by atoms with van der Waals surface area (Å²) in [5.74, 6) is 0.600. The van der Waals surface area contributed by atoms with E-state index in [2.05, 4.69) is 40.7 Å². The lowest BCUT2D eigenvalue weighted by Crippen LogP contribution is -2.63. The van der Waals surface area contributed by atoms with Gasteiger partial charge in [-0.05, 0) is 92.8 Å². The van der Waals surface area contributed by atoms with Gasteiger partial charge in [-0.1, -0.05) is 46.3 Å². The van der Waals surface area contributed by atoms with Crippen molar-refractivity contribution < 1.29 is 30.3 Å². The molecule has 0 amide bonds. The average Bonchev–Trinajstić information content (AvgIpc) is 3.05. The van der Waals surface area contributed by atoms with E-state index in [1.807, 2.05) is 0 Å². The summed E-state index contributed by atoms with van der Waals surface area (Å²) in [6.07, 6.45) is 4.58. The van der Waals surface area contributed by atoms with Crippen molar-refractivity contribution in [3.8, 4) is 0 Å². The Bertz CT molecular complexity index is 908. The largest absolute Gasteiger partial charge is 0.390 e. The lowest BCUT2D eigenvalue weighted by molar-refractivity contribution is -0.252. The molecule has 3 saturated carbocycles. The molecule has 0 aromatic heterocycles. The third-order valence-corrected chi connectivity index (χ3v) is 12.6. The standard InChI is InChI=1S/C30H50O6/c1-26(2)21-10-9-18-19(28(21,5)15-20(31)24(26)33)14-22(32)30(7)17(12-13-29(18,30)6)16-8-11-23(27(3,4)35)36-25(16)34/h14,16-18,20-25,31-35H,8-13,15H2,1-7H3/t16-,17+,18+,20+,21-,22-,23+,24-,25-,28+,29-,30-/m0/s1. The maximum Gasteiger partial charge on any atom is 0.158 e. The van der Waals surface area contributed by atoms with Crippen LogP contribution in [0.3, 0.4) is 0 Å². The monoisotopic (exact) mass is 506 g/mol. The van der Waals surface area contributed by atoms with Gasteiger partial charge in [-0.2, -0.15) is 0 Å². The fourth-order valence-corrected chi connectivity index (χ4v) is 10.4. The Morgan fingerprint density at radius 3 is 2.19 bits per heavy atom. The first-order valence-corrected chi connectivity index (χ1v) is 14.3. The lowest BCUT2D eigenvalue weighted by atomic mass is 9.40. The minimum atomic E-state index is -0.998. The van der Waals surface area contributed by atoms with E-state index in [-0.39, 0.29) is 28.6 Å². The summed E-state index contributed by atoms with van der Waals surface area (Å²) in [4.78, 5) is 0. The van der Waals surface area contributed by atoms with Gasteiger partial charge in [0, 0.05) is 11.3 Å². The molecule has 5 N–H and O–H groups in total. The molecule has 5 rings (SSSR count). The van der Waals surface area contributed by atoms with Crippen LogP contribution in [0.15, 0.2) is 11.6 Å². The van der Waals surface area contributed by atoms with Gasteiger partial charge in [-0.25, -0.2) is 0 Å². The highest BCUT2D eigenvalue weighted by Crippen LogP contribution is 2.73. The minimum absolute atomic E-state index is 0.0717. The number of fused-ring (bicyclic) bond motifs is 5. The second-order valence-corrected chi connectivity index (χ2v) is 15.0. The van der Waals surface area contributed by atoms with Gasteiger partial charge in [0.2, 0.25) is 0 Å². The van der Waals surface area contributed by atoms with E-state index < -0.39 is 47.1 Å². The normalized spacial score (nSPS) is 54.8. The van der Waals surface area contributed by atoms with Gasteiger partial charge in [-0.3, -0.25) is 0 Å². The van der Waals surface area contributed by atoms with Crippen molar-refractivity contribution in [1.29, 1.82) is 0 Å². The van der Waals surface area contributed by atoms with E-state index in [1.165, 1.54) is 5.57 Å². The number of aliphatic hydroxyl groups is 5. The lowest BCUT2D eigenvalue weighted by Gasteiger charge is -2.65. The van der Waals surface area contributed by atoms with Crippen LogP contribution in [0.4, 0.5) is 0 Å². The molecule has 5 aliphatic rings. The number of hydrogen-bond donors (Lipinski definition) is 5. The summed E-state index contributed by atoms with van der Waals surface area (Å²) >= 11 is 0. The van der Waals surface area contributed by atoms with Crippen LogP contribution >= 0.6 is 0 Å². The number of hydrogen-bond acceptors (Lipinski definition) is 6. The van der Waals surface area contributed by atoms with E-state index in [0.29, 0.717) is 18.8 Å². The minimum Gasteiger partial charge on any atom is -0.390 e. The summed E-state index contributed by atoms with van der Waals surface area (Å²) in [5.41, 5.74) is -0.905. The van der Waals surface area contributed by atoms with Crippen LogP contribution in [-0.4, -0.2) is 61.8 Å². The molecule has 0 radical (unpaired) electrons. The van der Waals surface area contributed by atoms with Crippen molar-refractivity contribution in [3.63, 3.8) is 0 Å². The summed E-state index contributed by atoms with van der Waals surface area (Å²) in [6.45, 7) is 14.5. The summed E-state index contributed by atoms with van der Waals surface area (Å²) in [5, 5.41) is 55.2. The molecule has 0 aromatic carbocycles. The van der Waals surface area contributed by atoms with Crippen LogP contribution in [0, 0.1) is 45.3 Å².